The van der Waals surface area contributed by atoms with E-state index in [1.165, 1.54) is 0 Å². The van der Waals surface area contributed by atoms with Crippen molar-refractivity contribution >= 4 is 0 Å². The minimum atomic E-state index is 0.164. The van der Waals surface area contributed by atoms with Gasteiger partial charge in [-0.2, -0.15) is 0 Å². The highest BCUT2D eigenvalue weighted by atomic mass is 16.3. The van der Waals surface area contributed by atoms with E-state index in [0.717, 1.165) is 6.42 Å². The fourth-order valence-corrected chi connectivity index (χ4v) is 0.287. The number of allylic oxidation sites excluding steroid dienone is 2. The Kier molecular flexibility index (Phi) is 2.55. The van der Waals surface area contributed by atoms with Crippen LogP contribution in [0.2, 0.25) is 0 Å². The first-order valence-corrected chi connectivity index (χ1v) is 2.11. The summed E-state index contributed by atoms with van der Waals surface area (Å²) in [6.45, 7) is 3.50. The number of rotatable bonds is 1. The molecule has 0 aromatic rings. The van der Waals surface area contributed by atoms with Gasteiger partial charge < -0.3 is 0 Å². The fraction of sp³-hybridized carbons (Fsp3) is 0.600. The zero-order chi connectivity index (χ0) is 4.99. The maximum absolute atomic E-state index is 9.99. The van der Waals surface area contributed by atoms with Crippen LogP contribution in [0.3, 0.4) is 0 Å². The van der Waals surface area contributed by atoms with Gasteiger partial charge >= 0.3 is 0 Å². The molecular formula is C5H9O. The molecule has 0 amide bonds. The molecule has 1 radical (unpaired) electrons. The average Bonchev–Trinajstić information content (AvgIpc) is 1.35. The van der Waals surface area contributed by atoms with Gasteiger partial charge in [0, 0.05) is 0 Å². The van der Waals surface area contributed by atoms with E-state index < -0.39 is 0 Å². The van der Waals surface area contributed by atoms with E-state index in [1.807, 2.05) is 6.92 Å². The van der Waals surface area contributed by atoms with Crippen molar-refractivity contribution in [1.82, 2.24) is 0 Å². The van der Waals surface area contributed by atoms with Crippen molar-refractivity contribution in [2.75, 3.05) is 0 Å². The molecule has 0 atom stereocenters. The normalized spacial score (nSPS) is 12.0. The summed E-state index contributed by atoms with van der Waals surface area (Å²) in [6.07, 6.45) is 2.51. The van der Waals surface area contributed by atoms with E-state index in [1.54, 1.807) is 13.0 Å². The molecule has 0 bridgehead atoms. The van der Waals surface area contributed by atoms with E-state index in [-0.39, 0.29) is 5.76 Å². The van der Waals surface area contributed by atoms with Crippen molar-refractivity contribution in [1.29, 1.82) is 0 Å². The predicted octanol–water partition coefficient (Wildman–Crippen LogP) is 1.73. The van der Waals surface area contributed by atoms with Crippen LogP contribution in [-0.4, -0.2) is 0 Å². The van der Waals surface area contributed by atoms with E-state index in [9.17, 15) is 5.11 Å². The highest BCUT2D eigenvalue weighted by molar-refractivity contribution is 4.83. The van der Waals surface area contributed by atoms with Crippen LogP contribution in [0, 0.1) is 0 Å². The Morgan fingerprint density at radius 3 is 2.33 bits per heavy atom. The summed E-state index contributed by atoms with van der Waals surface area (Å²) < 4.78 is 0. The zero-order valence-electron chi connectivity index (χ0n) is 4.19. The SMILES string of the molecule is CC/C=C(/C)[O]. The van der Waals surface area contributed by atoms with Crippen LogP contribution in [0.4, 0.5) is 0 Å². The second kappa shape index (κ2) is 2.76. The molecule has 0 fully saturated rings. The summed E-state index contributed by atoms with van der Waals surface area (Å²) in [5.74, 6) is 0.164. The third-order valence-corrected chi connectivity index (χ3v) is 0.492. The third-order valence-electron chi connectivity index (χ3n) is 0.492. The van der Waals surface area contributed by atoms with Crippen molar-refractivity contribution in [2.24, 2.45) is 0 Å². The fourth-order valence-electron chi connectivity index (χ4n) is 0.287. The smallest absolute Gasteiger partial charge is 0.148 e. The maximum atomic E-state index is 9.99. The largest absolute Gasteiger partial charge is 0.296 e. The van der Waals surface area contributed by atoms with Crippen LogP contribution in [0.5, 0.6) is 0 Å². The topological polar surface area (TPSA) is 19.9 Å². The predicted molar refractivity (Wildman–Crippen MR) is 24.7 cm³/mol. The number of hydrogen-bond donors (Lipinski definition) is 0. The third kappa shape index (κ3) is 3.54. The quantitative estimate of drug-likeness (QED) is 0.432. The van der Waals surface area contributed by atoms with E-state index >= 15 is 0 Å². The van der Waals surface area contributed by atoms with Crippen LogP contribution in [-0.2, 0) is 5.11 Å². The standard InChI is InChI=1S/C5H9O/c1-3-4-5(2)6/h4H,3H2,1-2H3/b5-4-. The molecule has 0 saturated heterocycles. The molecule has 0 N–H and O–H groups in total. The maximum Gasteiger partial charge on any atom is 0.148 e. The van der Waals surface area contributed by atoms with Gasteiger partial charge in [-0.1, -0.05) is 6.92 Å². The van der Waals surface area contributed by atoms with E-state index in [4.69, 9.17) is 0 Å². The summed E-state index contributed by atoms with van der Waals surface area (Å²) in [4.78, 5) is 0. The van der Waals surface area contributed by atoms with Crippen LogP contribution in [0.1, 0.15) is 20.3 Å². The van der Waals surface area contributed by atoms with Gasteiger partial charge in [-0.05, 0) is 19.4 Å². The summed E-state index contributed by atoms with van der Waals surface area (Å²) >= 11 is 0. The van der Waals surface area contributed by atoms with Gasteiger partial charge in [-0.3, -0.25) is 5.11 Å². The van der Waals surface area contributed by atoms with Crippen molar-refractivity contribution < 1.29 is 5.11 Å². The first kappa shape index (κ1) is 5.54. The summed E-state index contributed by atoms with van der Waals surface area (Å²) in [6, 6.07) is 0. The zero-order valence-corrected chi connectivity index (χ0v) is 4.19. The molecule has 0 aliphatic carbocycles. The van der Waals surface area contributed by atoms with E-state index in [0.29, 0.717) is 0 Å². The minimum Gasteiger partial charge on any atom is -0.296 e. The minimum absolute atomic E-state index is 0.164. The van der Waals surface area contributed by atoms with Crippen molar-refractivity contribution in [3.8, 4) is 0 Å². The van der Waals surface area contributed by atoms with Gasteiger partial charge in [0.05, 0.1) is 0 Å². The molecule has 0 aliphatic rings. The summed E-state index contributed by atoms with van der Waals surface area (Å²) in [5, 5.41) is 9.99. The van der Waals surface area contributed by atoms with Gasteiger partial charge in [-0.25, -0.2) is 0 Å². The molecule has 0 rings (SSSR count). The van der Waals surface area contributed by atoms with E-state index in [2.05, 4.69) is 0 Å². The lowest BCUT2D eigenvalue weighted by Gasteiger charge is -1.74. The molecule has 0 aliphatic heterocycles. The molecule has 6 heavy (non-hydrogen) atoms. The van der Waals surface area contributed by atoms with Crippen LogP contribution >= 0.6 is 0 Å². The van der Waals surface area contributed by atoms with Crippen LogP contribution < -0.4 is 0 Å². The Morgan fingerprint density at radius 1 is 1.83 bits per heavy atom. The Labute approximate surface area is 38.3 Å². The first-order chi connectivity index (χ1) is 2.77. The van der Waals surface area contributed by atoms with Gasteiger partial charge in [0.1, 0.15) is 5.76 Å². The average molecular weight is 85.1 g/mol. The highest BCUT2D eigenvalue weighted by Gasteiger charge is 1.74. The van der Waals surface area contributed by atoms with Crippen molar-refractivity contribution in [2.45, 2.75) is 20.3 Å². The monoisotopic (exact) mass is 85.1 g/mol. The Balaban J connectivity index is 3.14. The Bertz CT molecular complexity index is 51.0. The highest BCUT2D eigenvalue weighted by Crippen LogP contribution is 1.86. The Morgan fingerprint density at radius 2 is 2.33 bits per heavy atom. The van der Waals surface area contributed by atoms with Gasteiger partial charge in [-0.15, -0.1) is 0 Å². The van der Waals surface area contributed by atoms with Crippen molar-refractivity contribution in [3.05, 3.63) is 11.8 Å². The van der Waals surface area contributed by atoms with Gasteiger partial charge in [0.25, 0.3) is 0 Å². The molecule has 0 unspecified atom stereocenters. The lowest BCUT2D eigenvalue weighted by Crippen LogP contribution is -1.62. The second-order valence-electron chi connectivity index (χ2n) is 1.22. The second-order valence-corrected chi connectivity index (χ2v) is 1.22. The van der Waals surface area contributed by atoms with Gasteiger partial charge in [0.2, 0.25) is 0 Å². The molecule has 0 aromatic carbocycles. The van der Waals surface area contributed by atoms with Crippen molar-refractivity contribution in [3.63, 3.8) is 0 Å². The van der Waals surface area contributed by atoms with Gasteiger partial charge in [0.15, 0.2) is 0 Å². The number of hydrogen-bond acceptors (Lipinski definition) is 0. The first-order valence-electron chi connectivity index (χ1n) is 2.11. The summed E-state index contributed by atoms with van der Waals surface area (Å²) in [5.41, 5.74) is 0. The van der Waals surface area contributed by atoms with Crippen LogP contribution in [0.25, 0.3) is 0 Å². The molecule has 0 spiro atoms. The molecule has 1 nitrogen and oxygen atoms in total. The molecule has 35 valence electrons. The molecule has 0 aromatic heterocycles. The molecule has 1 heteroatoms. The molecule has 0 heterocycles. The Hall–Kier alpha value is -0.460. The van der Waals surface area contributed by atoms with Crippen LogP contribution in [0.15, 0.2) is 11.8 Å². The lowest BCUT2D eigenvalue weighted by molar-refractivity contribution is 0.298. The molecule has 0 saturated carbocycles. The molecular weight excluding hydrogens is 76.1 g/mol. The lowest BCUT2D eigenvalue weighted by atomic mass is 10.4. The summed E-state index contributed by atoms with van der Waals surface area (Å²) in [7, 11) is 0.